The Bertz CT molecular complexity index is 553. The zero-order valence-electron chi connectivity index (χ0n) is 13.4. The molecule has 1 rings (SSSR count). The fourth-order valence-electron chi connectivity index (χ4n) is 1.66. The molecule has 0 amide bonds. The van der Waals surface area contributed by atoms with E-state index >= 15 is 0 Å². The van der Waals surface area contributed by atoms with Gasteiger partial charge in [0.1, 0.15) is 0 Å². The lowest BCUT2D eigenvalue weighted by molar-refractivity contribution is 0.563. The van der Waals surface area contributed by atoms with Crippen molar-refractivity contribution in [2.24, 2.45) is 0 Å². The smallest absolute Gasteiger partial charge is 0.260 e. The second-order valence-corrected chi connectivity index (χ2v) is 8.79. The Kier molecular flexibility index (Phi) is 6.71. The fourth-order valence-corrected chi connectivity index (χ4v) is 3.37. The lowest BCUT2D eigenvalue weighted by Crippen LogP contribution is -2.36. The van der Waals surface area contributed by atoms with Crippen molar-refractivity contribution in [3.05, 3.63) is 11.3 Å². The number of nitrogens with zero attached hydrogens (tertiary/aromatic N) is 1. The average molecular weight is 335 g/mol. The molecule has 0 spiro atoms. The Morgan fingerprint density at radius 1 is 1.38 bits per heavy atom. The molecule has 1 heterocycles. The van der Waals surface area contributed by atoms with Gasteiger partial charge in [0.05, 0.1) is 0 Å². The van der Waals surface area contributed by atoms with Crippen LogP contribution in [0.2, 0.25) is 0 Å². The first kappa shape index (κ1) is 18.5. The maximum absolute atomic E-state index is 12.4. The van der Waals surface area contributed by atoms with E-state index in [1.54, 1.807) is 11.8 Å². The molecule has 0 unspecified atom stereocenters. The molecule has 0 atom stereocenters. The van der Waals surface area contributed by atoms with E-state index in [1.165, 1.54) is 0 Å². The van der Waals surface area contributed by atoms with Crippen molar-refractivity contribution in [3.8, 4) is 0 Å². The number of nitrogens with one attached hydrogen (secondary N) is 3. The number of aryl methyl sites for hydroxylation is 1. The van der Waals surface area contributed by atoms with E-state index in [0.717, 1.165) is 18.7 Å². The molecule has 0 aromatic carbocycles. The van der Waals surface area contributed by atoms with Crippen molar-refractivity contribution in [3.63, 3.8) is 0 Å². The van der Waals surface area contributed by atoms with Crippen LogP contribution in [0.1, 0.15) is 38.4 Å². The molecular weight excluding hydrogens is 308 g/mol. The summed E-state index contributed by atoms with van der Waals surface area (Å²) >= 11 is 1.62. The summed E-state index contributed by atoms with van der Waals surface area (Å²) in [6, 6.07) is 0. The van der Waals surface area contributed by atoms with Crippen molar-refractivity contribution in [2.45, 2.75) is 50.4 Å². The Balaban J connectivity index is 2.88. The molecule has 3 N–H and O–H groups in total. The lowest BCUT2D eigenvalue weighted by atomic mass is 10.2. The first-order valence-corrected chi connectivity index (χ1v) is 9.73. The van der Waals surface area contributed by atoms with Crippen LogP contribution in [-0.2, 0) is 16.6 Å². The van der Waals surface area contributed by atoms with Gasteiger partial charge in [-0.05, 0) is 40.0 Å². The van der Waals surface area contributed by atoms with Crippen LogP contribution in [0, 0.1) is 6.92 Å². The third-order valence-corrected chi connectivity index (χ3v) is 5.88. The topological polar surface area (TPSA) is 86.9 Å². The molecule has 8 heteroatoms. The largest absolute Gasteiger partial charge is 0.313 e. The summed E-state index contributed by atoms with van der Waals surface area (Å²) in [7, 11) is -3.60. The van der Waals surface area contributed by atoms with Gasteiger partial charge in [-0.25, -0.2) is 13.1 Å². The van der Waals surface area contributed by atoms with Gasteiger partial charge in [0.25, 0.3) is 10.0 Å². The molecule has 0 aliphatic heterocycles. The van der Waals surface area contributed by atoms with Crippen molar-refractivity contribution >= 4 is 21.8 Å². The summed E-state index contributed by atoms with van der Waals surface area (Å²) < 4.78 is 27.4. The highest BCUT2D eigenvalue weighted by Gasteiger charge is 2.26. The fraction of sp³-hybridized carbons (Fsp3) is 0.769. The molecule has 0 bridgehead atoms. The summed E-state index contributed by atoms with van der Waals surface area (Å²) in [5.74, 6) is 0. The van der Waals surface area contributed by atoms with Crippen LogP contribution in [0.5, 0.6) is 0 Å². The van der Waals surface area contributed by atoms with Crippen molar-refractivity contribution in [1.29, 1.82) is 0 Å². The Labute approximate surface area is 131 Å². The van der Waals surface area contributed by atoms with Gasteiger partial charge in [-0.15, -0.1) is 0 Å². The van der Waals surface area contributed by atoms with E-state index in [-0.39, 0.29) is 9.77 Å². The van der Waals surface area contributed by atoms with Crippen LogP contribution in [0.25, 0.3) is 0 Å². The Morgan fingerprint density at radius 3 is 2.62 bits per heavy atom. The minimum absolute atomic E-state index is 0.0977. The summed E-state index contributed by atoms with van der Waals surface area (Å²) in [4.78, 5) is 0. The minimum atomic E-state index is -3.60. The molecule has 1 aromatic heterocycles. The monoisotopic (exact) mass is 334 g/mol. The van der Waals surface area contributed by atoms with Gasteiger partial charge in [0.15, 0.2) is 5.03 Å². The van der Waals surface area contributed by atoms with Crippen LogP contribution in [0.15, 0.2) is 5.03 Å². The number of aromatic amines is 1. The molecular formula is C13H26N4O2S2. The van der Waals surface area contributed by atoms with Crippen molar-refractivity contribution < 1.29 is 8.42 Å². The van der Waals surface area contributed by atoms with E-state index in [4.69, 9.17) is 0 Å². The predicted octanol–water partition coefficient (Wildman–Crippen LogP) is 1.64. The maximum atomic E-state index is 12.4. The number of aromatic nitrogens is 2. The lowest BCUT2D eigenvalue weighted by Gasteiger charge is -2.21. The Morgan fingerprint density at radius 2 is 2.05 bits per heavy atom. The summed E-state index contributed by atoms with van der Waals surface area (Å²) in [6.07, 6.45) is 2.96. The highest BCUT2D eigenvalue weighted by molar-refractivity contribution is 8.00. The number of hydrogen-bond donors (Lipinski definition) is 3. The first-order chi connectivity index (χ1) is 9.73. The van der Waals surface area contributed by atoms with E-state index in [9.17, 15) is 8.42 Å². The Hall–Kier alpha value is -0.570. The zero-order chi connectivity index (χ0) is 16.1. The van der Waals surface area contributed by atoms with Crippen LogP contribution in [0.4, 0.5) is 0 Å². The first-order valence-electron chi connectivity index (χ1n) is 7.03. The molecule has 0 saturated heterocycles. The number of H-pyrrole nitrogens is 1. The van der Waals surface area contributed by atoms with Crippen LogP contribution in [0.3, 0.4) is 0 Å². The normalized spacial score (nSPS) is 12.8. The predicted molar refractivity (Wildman–Crippen MR) is 88.1 cm³/mol. The maximum Gasteiger partial charge on any atom is 0.260 e. The zero-order valence-corrected chi connectivity index (χ0v) is 15.0. The second kappa shape index (κ2) is 7.62. The average Bonchev–Trinajstić information content (AvgIpc) is 2.80. The molecule has 1 aromatic rings. The third-order valence-electron chi connectivity index (χ3n) is 3.26. The van der Waals surface area contributed by atoms with Gasteiger partial charge < -0.3 is 5.32 Å². The van der Waals surface area contributed by atoms with Gasteiger partial charge in [-0.2, -0.15) is 16.9 Å². The number of thioether (sulfide) groups is 1. The summed E-state index contributed by atoms with van der Waals surface area (Å²) in [5, 5.41) is 10.1. The van der Waals surface area contributed by atoms with Gasteiger partial charge >= 0.3 is 0 Å². The summed E-state index contributed by atoms with van der Waals surface area (Å²) in [5.41, 5.74) is 1.49. The van der Waals surface area contributed by atoms with Crippen LogP contribution < -0.4 is 10.0 Å². The molecule has 21 heavy (non-hydrogen) atoms. The van der Waals surface area contributed by atoms with E-state index in [0.29, 0.717) is 18.7 Å². The number of sulfonamides is 1. The number of hydrogen-bond acceptors (Lipinski definition) is 5. The van der Waals surface area contributed by atoms with Crippen molar-refractivity contribution in [2.75, 3.05) is 19.3 Å². The molecule has 6 nitrogen and oxygen atoms in total. The number of rotatable bonds is 9. The van der Waals surface area contributed by atoms with Crippen LogP contribution in [-0.4, -0.2) is 42.7 Å². The van der Waals surface area contributed by atoms with E-state index in [2.05, 4.69) is 27.2 Å². The highest BCUT2D eigenvalue weighted by atomic mass is 32.2. The van der Waals surface area contributed by atoms with E-state index in [1.807, 2.05) is 27.0 Å². The van der Waals surface area contributed by atoms with Gasteiger partial charge in [-0.1, -0.05) is 6.92 Å². The molecule has 0 aliphatic carbocycles. The summed E-state index contributed by atoms with van der Waals surface area (Å²) in [6.45, 7) is 9.61. The van der Waals surface area contributed by atoms with Crippen molar-refractivity contribution in [1.82, 2.24) is 20.2 Å². The van der Waals surface area contributed by atoms with Gasteiger partial charge in [0, 0.05) is 29.1 Å². The molecule has 0 saturated carbocycles. The molecule has 0 fully saturated rings. The third kappa shape index (κ3) is 5.28. The molecule has 0 aliphatic rings. The van der Waals surface area contributed by atoms with Gasteiger partial charge in [-0.3, -0.25) is 5.10 Å². The second-order valence-electron chi connectivity index (χ2n) is 5.60. The SMILES string of the molecule is CCCNCc1c(S(=O)(=O)NCC(C)(C)SC)n[nH]c1C. The minimum Gasteiger partial charge on any atom is -0.313 e. The standard InChI is InChI=1S/C13H26N4O2S2/c1-6-7-14-8-11-10(2)16-17-12(11)21(18,19)15-9-13(3,4)20-5/h14-15H,6-9H2,1-5H3,(H,16,17). The highest BCUT2D eigenvalue weighted by Crippen LogP contribution is 2.21. The van der Waals surface area contributed by atoms with Gasteiger partial charge in [0.2, 0.25) is 0 Å². The molecule has 0 radical (unpaired) electrons. The van der Waals surface area contributed by atoms with Crippen LogP contribution >= 0.6 is 11.8 Å². The van der Waals surface area contributed by atoms with E-state index < -0.39 is 10.0 Å². The quantitative estimate of drug-likeness (QED) is 0.598. The molecule has 122 valence electrons.